The number of rotatable bonds is 17. The number of nitrogens with zero attached hydrogens (tertiary/aromatic N) is 2. The van der Waals surface area contributed by atoms with E-state index in [2.05, 4.69) is 82.2 Å². The third-order valence-electron chi connectivity index (χ3n) is 6.19. The minimum atomic E-state index is -1.23. The molecule has 1 unspecified atom stereocenters. The van der Waals surface area contributed by atoms with Crippen LogP contribution in [0, 0.1) is 5.41 Å². The molecule has 4 heteroatoms. The average Bonchev–Trinajstić information content (AvgIpc) is 2.70. The lowest BCUT2D eigenvalue weighted by Gasteiger charge is -2.37. The molecule has 0 saturated carbocycles. The average molecular weight is 421 g/mol. The van der Waals surface area contributed by atoms with Gasteiger partial charge >= 0.3 is 0 Å². The molecule has 1 atom stereocenters. The van der Waals surface area contributed by atoms with Gasteiger partial charge in [-0.1, -0.05) is 50.6 Å². The van der Waals surface area contributed by atoms with Crippen molar-refractivity contribution in [1.29, 1.82) is 0 Å². The van der Waals surface area contributed by atoms with E-state index in [1.807, 2.05) is 0 Å². The Balaban J connectivity index is 2.81. The molecule has 3 nitrogen and oxygen atoms in total. The van der Waals surface area contributed by atoms with E-state index in [0.717, 1.165) is 13.0 Å². The Labute approximate surface area is 183 Å². The maximum atomic E-state index is 6.54. The number of benzene rings is 1. The van der Waals surface area contributed by atoms with Gasteiger partial charge in [-0.2, -0.15) is 0 Å². The van der Waals surface area contributed by atoms with Crippen LogP contribution in [0.25, 0.3) is 0 Å². The topological polar surface area (TPSA) is 15.7 Å². The van der Waals surface area contributed by atoms with Crippen molar-refractivity contribution in [1.82, 2.24) is 9.80 Å². The standard InChI is InChI=1S/C25H48N2OSi/c1-7-21-28-29(22-16-24-14-10-9-11-15-24)23-25(8-2,17-12-19-26(3)4)18-13-20-27(5)6/h9-11,14-15,29H,7-8,12-13,16-23H2,1-6H3. The molecular formula is C25H48N2OSi. The van der Waals surface area contributed by atoms with Gasteiger partial charge in [-0.25, -0.2) is 0 Å². The zero-order valence-corrected chi connectivity index (χ0v) is 21.4. The molecule has 0 radical (unpaired) electrons. The van der Waals surface area contributed by atoms with E-state index in [0.29, 0.717) is 5.41 Å². The maximum Gasteiger partial charge on any atom is 0.177 e. The first kappa shape index (κ1) is 26.4. The van der Waals surface area contributed by atoms with Crippen molar-refractivity contribution in [2.75, 3.05) is 47.9 Å². The second kappa shape index (κ2) is 15.2. The van der Waals surface area contributed by atoms with Crippen LogP contribution in [0.4, 0.5) is 0 Å². The van der Waals surface area contributed by atoms with E-state index in [9.17, 15) is 0 Å². The normalized spacial score (nSPS) is 13.4. The van der Waals surface area contributed by atoms with E-state index in [1.54, 1.807) is 0 Å². The summed E-state index contributed by atoms with van der Waals surface area (Å²) in [5, 5.41) is 0. The van der Waals surface area contributed by atoms with E-state index in [-0.39, 0.29) is 0 Å². The zero-order chi connectivity index (χ0) is 21.5. The Bertz CT molecular complexity index is 493. The molecule has 0 fully saturated rings. The molecule has 1 aromatic carbocycles. The van der Waals surface area contributed by atoms with Crippen LogP contribution < -0.4 is 0 Å². The van der Waals surface area contributed by atoms with Crippen molar-refractivity contribution in [2.45, 2.75) is 70.9 Å². The minimum absolute atomic E-state index is 0.466. The summed E-state index contributed by atoms with van der Waals surface area (Å²) < 4.78 is 6.54. The van der Waals surface area contributed by atoms with Crippen molar-refractivity contribution in [2.24, 2.45) is 5.41 Å². The number of aryl methyl sites for hydroxylation is 1. The van der Waals surface area contributed by atoms with Crippen molar-refractivity contribution in [3.05, 3.63) is 35.9 Å². The fraction of sp³-hybridized carbons (Fsp3) is 0.760. The van der Waals surface area contributed by atoms with Gasteiger partial charge in [0.1, 0.15) is 0 Å². The van der Waals surface area contributed by atoms with Crippen LogP contribution in [-0.2, 0) is 10.8 Å². The highest BCUT2D eigenvalue weighted by molar-refractivity contribution is 6.52. The first-order chi connectivity index (χ1) is 13.9. The molecule has 0 spiro atoms. The molecule has 0 aromatic heterocycles. The Kier molecular flexibility index (Phi) is 13.8. The predicted molar refractivity (Wildman–Crippen MR) is 131 cm³/mol. The van der Waals surface area contributed by atoms with E-state index in [4.69, 9.17) is 4.43 Å². The van der Waals surface area contributed by atoms with Crippen LogP contribution in [0.15, 0.2) is 30.3 Å². The Morgan fingerprint density at radius 2 is 1.48 bits per heavy atom. The molecule has 0 heterocycles. The summed E-state index contributed by atoms with van der Waals surface area (Å²) in [6, 6.07) is 13.6. The molecule has 0 aliphatic carbocycles. The molecule has 1 rings (SSSR count). The first-order valence-corrected chi connectivity index (χ1v) is 14.0. The molecule has 0 saturated heterocycles. The lowest BCUT2D eigenvalue weighted by Crippen LogP contribution is -2.32. The van der Waals surface area contributed by atoms with Crippen LogP contribution >= 0.6 is 0 Å². The van der Waals surface area contributed by atoms with Gasteiger partial charge in [0.15, 0.2) is 9.04 Å². The van der Waals surface area contributed by atoms with Crippen LogP contribution in [0.1, 0.15) is 57.9 Å². The quantitative estimate of drug-likeness (QED) is 0.311. The van der Waals surface area contributed by atoms with Gasteiger partial charge in [0.25, 0.3) is 0 Å². The van der Waals surface area contributed by atoms with Crippen LogP contribution in [-0.4, -0.2) is 66.7 Å². The third-order valence-corrected chi connectivity index (χ3v) is 9.15. The summed E-state index contributed by atoms with van der Waals surface area (Å²) in [6.07, 6.45) is 8.90. The highest BCUT2D eigenvalue weighted by Crippen LogP contribution is 2.40. The van der Waals surface area contributed by atoms with Crippen molar-refractivity contribution in [3.8, 4) is 0 Å². The minimum Gasteiger partial charge on any atom is -0.420 e. The second-order valence-electron chi connectivity index (χ2n) is 9.39. The van der Waals surface area contributed by atoms with Gasteiger partial charge in [0, 0.05) is 6.61 Å². The summed E-state index contributed by atoms with van der Waals surface area (Å²) in [6.45, 7) is 8.00. The van der Waals surface area contributed by atoms with E-state index in [1.165, 1.54) is 69.3 Å². The highest BCUT2D eigenvalue weighted by atomic mass is 28.3. The molecule has 168 valence electrons. The largest absolute Gasteiger partial charge is 0.420 e. The molecule has 0 aliphatic rings. The van der Waals surface area contributed by atoms with Gasteiger partial charge in [-0.3, -0.25) is 0 Å². The Morgan fingerprint density at radius 3 is 1.97 bits per heavy atom. The fourth-order valence-corrected chi connectivity index (χ4v) is 7.73. The van der Waals surface area contributed by atoms with Gasteiger partial charge in [0.2, 0.25) is 0 Å². The Hall–Kier alpha value is -0.683. The highest BCUT2D eigenvalue weighted by Gasteiger charge is 2.32. The van der Waals surface area contributed by atoms with Crippen LogP contribution in [0.5, 0.6) is 0 Å². The smallest absolute Gasteiger partial charge is 0.177 e. The van der Waals surface area contributed by atoms with Gasteiger partial charge in [0.05, 0.1) is 0 Å². The van der Waals surface area contributed by atoms with E-state index < -0.39 is 9.04 Å². The molecule has 0 bridgehead atoms. The molecule has 0 N–H and O–H groups in total. The fourth-order valence-electron chi connectivity index (χ4n) is 4.35. The first-order valence-electron chi connectivity index (χ1n) is 11.9. The molecule has 0 aliphatic heterocycles. The lowest BCUT2D eigenvalue weighted by molar-refractivity contribution is 0.208. The van der Waals surface area contributed by atoms with Gasteiger partial charge in [-0.05, 0) is 103 Å². The van der Waals surface area contributed by atoms with Crippen molar-refractivity contribution in [3.63, 3.8) is 0 Å². The van der Waals surface area contributed by atoms with Crippen LogP contribution in [0.2, 0.25) is 12.1 Å². The lowest BCUT2D eigenvalue weighted by atomic mass is 9.78. The van der Waals surface area contributed by atoms with E-state index >= 15 is 0 Å². The summed E-state index contributed by atoms with van der Waals surface area (Å²) in [5.41, 5.74) is 1.93. The third kappa shape index (κ3) is 11.9. The molecule has 1 aromatic rings. The second-order valence-corrected chi connectivity index (χ2v) is 12.0. The van der Waals surface area contributed by atoms with Crippen LogP contribution in [0.3, 0.4) is 0 Å². The number of hydrogen-bond acceptors (Lipinski definition) is 3. The zero-order valence-electron chi connectivity index (χ0n) is 20.3. The molecule has 0 amide bonds. The summed E-state index contributed by atoms with van der Waals surface area (Å²) >= 11 is 0. The monoisotopic (exact) mass is 420 g/mol. The molecule has 29 heavy (non-hydrogen) atoms. The van der Waals surface area contributed by atoms with Gasteiger partial charge in [-0.15, -0.1) is 0 Å². The summed E-state index contributed by atoms with van der Waals surface area (Å²) in [4.78, 5) is 4.66. The van der Waals surface area contributed by atoms with Crippen molar-refractivity contribution < 1.29 is 4.43 Å². The summed E-state index contributed by atoms with van der Waals surface area (Å²) in [5.74, 6) is 0. The summed E-state index contributed by atoms with van der Waals surface area (Å²) in [7, 11) is 7.56. The SMILES string of the molecule is CCCO[SiH](CCc1ccccc1)CC(CC)(CCCN(C)C)CCCN(C)C. The molecular weight excluding hydrogens is 372 g/mol. The van der Waals surface area contributed by atoms with Gasteiger partial charge < -0.3 is 14.2 Å². The van der Waals surface area contributed by atoms with Crippen molar-refractivity contribution >= 4 is 9.04 Å². The maximum absolute atomic E-state index is 6.54. The predicted octanol–water partition coefficient (Wildman–Crippen LogP) is 5.46. The Morgan fingerprint density at radius 1 is 0.897 bits per heavy atom. The number of hydrogen-bond donors (Lipinski definition) is 0.